The van der Waals surface area contributed by atoms with Gasteiger partial charge < -0.3 is 14.2 Å². The van der Waals surface area contributed by atoms with E-state index in [9.17, 15) is 0 Å². The van der Waals surface area contributed by atoms with Crippen LogP contribution in [0.1, 0.15) is 59.3 Å². The number of hydrogen-bond acceptors (Lipinski definition) is 3. The summed E-state index contributed by atoms with van der Waals surface area (Å²) in [5, 5.41) is 3.91. The molecule has 0 aliphatic carbocycles. The van der Waals surface area contributed by atoms with Crippen molar-refractivity contribution in [1.29, 1.82) is 0 Å². The first kappa shape index (κ1) is 26.1. The third kappa shape index (κ3) is 8.06. The molecule has 182 valence electrons. The van der Waals surface area contributed by atoms with Crippen LogP contribution in [0.25, 0.3) is 0 Å². The molecular weight excluding hydrogens is 439 g/mol. The quantitative estimate of drug-likeness (QED) is 0.174. The lowest BCUT2D eigenvalue weighted by Gasteiger charge is -2.20. The van der Waals surface area contributed by atoms with Crippen molar-refractivity contribution in [3.63, 3.8) is 0 Å². The van der Waals surface area contributed by atoms with Crippen LogP contribution in [0.4, 0.5) is 0 Å². The molecule has 0 unspecified atom stereocenters. The van der Waals surface area contributed by atoms with E-state index in [1.807, 2.05) is 0 Å². The number of unbranched alkanes of at least 4 members (excludes halogenated alkanes) is 3. The Balaban J connectivity index is 1.83. The molecule has 34 heavy (non-hydrogen) atoms. The molecule has 0 aromatic heterocycles. The molecule has 0 aliphatic heterocycles. The fraction of sp³-hybridized carbons (Fsp3) is 0.400. The molecule has 0 N–H and O–H groups in total. The molecule has 0 spiro atoms. The predicted octanol–water partition coefficient (Wildman–Crippen LogP) is 6.98. The summed E-state index contributed by atoms with van der Waals surface area (Å²) in [7, 11) is -0.698. The van der Waals surface area contributed by atoms with E-state index in [1.165, 1.54) is 15.9 Å². The highest BCUT2D eigenvalue weighted by Crippen LogP contribution is 2.34. The molecule has 0 saturated heterocycles. The molecule has 0 amide bonds. The lowest BCUT2D eigenvalue weighted by atomic mass is 10.3. The Morgan fingerprint density at radius 3 is 0.941 bits per heavy atom. The van der Waals surface area contributed by atoms with Crippen molar-refractivity contribution in [1.82, 2.24) is 0 Å². The molecule has 4 heteroatoms. The molecule has 3 aromatic carbocycles. The monoisotopic (exact) mass is 478 g/mol. The second-order valence-electron chi connectivity index (χ2n) is 8.42. The zero-order chi connectivity index (χ0) is 24.0. The summed E-state index contributed by atoms with van der Waals surface area (Å²) < 4.78 is 17.7. The lowest BCUT2D eigenvalue weighted by molar-refractivity contribution is 0.309. The summed E-state index contributed by atoms with van der Waals surface area (Å²) in [6, 6.07) is 25.9. The Morgan fingerprint density at radius 2 is 0.706 bits per heavy atom. The van der Waals surface area contributed by atoms with Crippen molar-refractivity contribution < 1.29 is 14.2 Å². The van der Waals surface area contributed by atoms with Gasteiger partial charge in [0, 0.05) is 0 Å². The van der Waals surface area contributed by atoms with Gasteiger partial charge in [0.05, 0.1) is 19.8 Å². The third-order valence-electron chi connectivity index (χ3n) is 5.58. The van der Waals surface area contributed by atoms with Crippen LogP contribution in [0, 0.1) is 0 Å². The van der Waals surface area contributed by atoms with Crippen LogP contribution >= 0.6 is 7.92 Å². The van der Waals surface area contributed by atoms with E-state index < -0.39 is 7.92 Å². The highest BCUT2D eigenvalue weighted by Gasteiger charge is 2.17. The van der Waals surface area contributed by atoms with Crippen molar-refractivity contribution in [2.45, 2.75) is 59.3 Å². The molecule has 0 saturated carbocycles. The van der Waals surface area contributed by atoms with Crippen LogP contribution < -0.4 is 30.1 Å². The minimum absolute atomic E-state index is 0.698. The number of ether oxygens (including phenoxy) is 3. The van der Waals surface area contributed by atoms with Crippen molar-refractivity contribution in [2.75, 3.05) is 19.8 Å². The van der Waals surface area contributed by atoms with Crippen molar-refractivity contribution in [2.24, 2.45) is 0 Å². The molecule has 0 aliphatic rings. The Labute approximate surface area is 207 Å². The van der Waals surface area contributed by atoms with Crippen LogP contribution in [0.5, 0.6) is 17.2 Å². The minimum atomic E-state index is -0.698. The van der Waals surface area contributed by atoms with Gasteiger partial charge in [0.15, 0.2) is 0 Å². The first-order valence-corrected chi connectivity index (χ1v) is 14.1. The van der Waals surface area contributed by atoms with E-state index in [0.717, 1.165) is 75.6 Å². The standard InChI is InChI=1S/C30H39O3P/c1-4-7-22-31-25-10-16-28(17-11-25)34(29-18-12-26(13-19-29)32-23-8-5-2)30-20-14-27(15-21-30)33-24-9-6-3/h10-21H,4-9,22-24H2,1-3H3. The molecule has 0 fully saturated rings. The van der Waals surface area contributed by atoms with Gasteiger partial charge in [-0.05, 0) is 79.5 Å². The maximum absolute atomic E-state index is 5.89. The number of benzene rings is 3. The van der Waals surface area contributed by atoms with Gasteiger partial charge in [-0.3, -0.25) is 0 Å². The van der Waals surface area contributed by atoms with Crippen molar-refractivity contribution in [3.05, 3.63) is 72.8 Å². The molecule has 0 bridgehead atoms. The Hall–Kier alpha value is -2.51. The van der Waals surface area contributed by atoms with Crippen LogP contribution in [-0.2, 0) is 0 Å². The van der Waals surface area contributed by atoms with Gasteiger partial charge in [-0.15, -0.1) is 0 Å². The Kier molecular flexibility index (Phi) is 11.3. The van der Waals surface area contributed by atoms with Gasteiger partial charge in [0.2, 0.25) is 0 Å². The van der Waals surface area contributed by atoms with E-state index in [1.54, 1.807) is 0 Å². The highest BCUT2D eigenvalue weighted by molar-refractivity contribution is 7.79. The molecule has 0 heterocycles. The van der Waals surface area contributed by atoms with E-state index in [2.05, 4.69) is 93.6 Å². The molecular formula is C30H39O3P. The Bertz CT molecular complexity index is 809. The largest absolute Gasteiger partial charge is 0.494 e. The topological polar surface area (TPSA) is 27.7 Å². The summed E-state index contributed by atoms with van der Waals surface area (Å²) in [6.45, 7) is 8.84. The lowest BCUT2D eigenvalue weighted by Crippen LogP contribution is -2.20. The molecule has 3 nitrogen and oxygen atoms in total. The second kappa shape index (κ2) is 14.7. The van der Waals surface area contributed by atoms with Crippen LogP contribution in [-0.4, -0.2) is 19.8 Å². The fourth-order valence-electron chi connectivity index (χ4n) is 3.52. The van der Waals surface area contributed by atoms with E-state index in [-0.39, 0.29) is 0 Å². The summed E-state index contributed by atoms with van der Waals surface area (Å²) in [5.41, 5.74) is 0. The zero-order valence-corrected chi connectivity index (χ0v) is 21.9. The zero-order valence-electron chi connectivity index (χ0n) is 21.0. The summed E-state index contributed by atoms with van der Waals surface area (Å²) >= 11 is 0. The van der Waals surface area contributed by atoms with E-state index in [0.29, 0.717) is 0 Å². The fourth-order valence-corrected chi connectivity index (χ4v) is 5.76. The smallest absolute Gasteiger partial charge is 0.119 e. The van der Waals surface area contributed by atoms with Gasteiger partial charge in [-0.2, -0.15) is 0 Å². The van der Waals surface area contributed by atoms with Crippen molar-refractivity contribution >= 4 is 23.8 Å². The summed E-state index contributed by atoms with van der Waals surface area (Å²) in [6.07, 6.45) is 6.65. The third-order valence-corrected chi connectivity index (χ3v) is 8.03. The predicted molar refractivity (Wildman–Crippen MR) is 146 cm³/mol. The molecule has 3 rings (SSSR count). The van der Waals surface area contributed by atoms with Gasteiger partial charge in [-0.25, -0.2) is 0 Å². The SMILES string of the molecule is CCCCOc1ccc(P(c2ccc(OCCCC)cc2)c2ccc(OCCCC)cc2)cc1. The van der Waals surface area contributed by atoms with Gasteiger partial charge >= 0.3 is 0 Å². The second-order valence-corrected chi connectivity index (χ2v) is 10.6. The maximum Gasteiger partial charge on any atom is 0.119 e. The first-order valence-electron chi connectivity index (χ1n) is 12.7. The van der Waals surface area contributed by atoms with Crippen molar-refractivity contribution in [3.8, 4) is 17.2 Å². The van der Waals surface area contributed by atoms with Crippen LogP contribution in [0.3, 0.4) is 0 Å². The van der Waals surface area contributed by atoms with Crippen LogP contribution in [0.15, 0.2) is 72.8 Å². The van der Waals surface area contributed by atoms with Gasteiger partial charge in [-0.1, -0.05) is 76.4 Å². The first-order chi connectivity index (χ1) is 16.7. The average Bonchev–Trinajstić information content (AvgIpc) is 2.87. The van der Waals surface area contributed by atoms with Gasteiger partial charge in [0.1, 0.15) is 17.2 Å². The van der Waals surface area contributed by atoms with E-state index >= 15 is 0 Å². The normalized spacial score (nSPS) is 10.9. The minimum Gasteiger partial charge on any atom is -0.494 e. The van der Waals surface area contributed by atoms with Crippen LogP contribution in [0.2, 0.25) is 0 Å². The molecule has 0 atom stereocenters. The summed E-state index contributed by atoms with van der Waals surface area (Å²) in [4.78, 5) is 0. The highest BCUT2D eigenvalue weighted by atomic mass is 31.1. The number of rotatable bonds is 15. The molecule has 3 aromatic rings. The summed E-state index contributed by atoms with van der Waals surface area (Å²) in [5.74, 6) is 2.81. The Morgan fingerprint density at radius 1 is 0.441 bits per heavy atom. The van der Waals surface area contributed by atoms with E-state index in [4.69, 9.17) is 14.2 Å². The molecule has 0 radical (unpaired) electrons. The average molecular weight is 479 g/mol. The maximum atomic E-state index is 5.89. The van der Waals surface area contributed by atoms with Gasteiger partial charge in [0.25, 0.3) is 0 Å². The number of hydrogen-bond donors (Lipinski definition) is 0.